The van der Waals surface area contributed by atoms with Crippen molar-refractivity contribution in [3.05, 3.63) is 22.0 Å². The molecule has 1 saturated heterocycles. The van der Waals surface area contributed by atoms with Crippen molar-refractivity contribution in [3.63, 3.8) is 0 Å². The number of aromatic nitrogens is 2. The Hall–Kier alpha value is -2.69. The van der Waals surface area contributed by atoms with Crippen molar-refractivity contribution in [3.8, 4) is 0 Å². The Bertz CT molecular complexity index is 769. The van der Waals surface area contributed by atoms with Gasteiger partial charge in [0.25, 0.3) is 5.91 Å². The Morgan fingerprint density at radius 1 is 1.13 bits per heavy atom. The van der Waals surface area contributed by atoms with Gasteiger partial charge in [0.05, 0.1) is 11.0 Å². The van der Waals surface area contributed by atoms with Gasteiger partial charge < -0.3 is 15.4 Å². The first-order valence-corrected chi connectivity index (χ1v) is 10.3. The van der Waals surface area contributed by atoms with Crippen molar-refractivity contribution in [1.82, 2.24) is 19.6 Å². The van der Waals surface area contributed by atoms with E-state index >= 15 is 0 Å². The first kappa shape index (κ1) is 22.0. The highest BCUT2D eigenvalue weighted by atomic mass is 16.6. The van der Waals surface area contributed by atoms with Crippen LogP contribution in [0.1, 0.15) is 63.0 Å². The van der Waals surface area contributed by atoms with Gasteiger partial charge in [-0.2, -0.15) is 5.10 Å². The summed E-state index contributed by atoms with van der Waals surface area (Å²) in [4.78, 5) is 38.3. The Labute approximate surface area is 175 Å². The molecule has 0 radical (unpaired) electrons. The van der Waals surface area contributed by atoms with Gasteiger partial charge in [0, 0.05) is 32.2 Å². The second-order valence-corrected chi connectivity index (χ2v) is 8.93. The molecular formula is C19H30N6O5. The highest BCUT2D eigenvalue weighted by molar-refractivity contribution is 5.94. The van der Waals surface area contributed by atoms with Crippen LogP contribution in [0, 0.1) is 10.1 Å². The number of primary amides is 1. The van der Waals surface area contributed by atoms with E-state index in [1.807, 2.05) is 20.8 Å². The van der Waals surface area contributed by atoms with Crippen LogP contribution in [0.2, 0.25) is 0 Å². The van der Waals surface area contributed by atoms with E-state index in [0.717, 1.165) is 38.8 Å². The third-order valence-corrected chi connectivity index (χ3v) is 5.67. The number of carbonyl (C=O) groups excluding carboxylic acids is 2. The van der Waals surface area contributed by atoms with Crippen molar-refractivity contribution >= 4 is 17.7 Å². The second-order valence-electron chi connectivity index (χ2n) is 8.93. The minimum atomic E-state index is -0.892. The Balaban J connectivity index is 1.52. The first-order chi connectivity index (χ1) is 14.0. The SMILES string of the molecule is CC(C)(C)OC(=O)N1CCN([C@H]2CC[C@H](n3cc([N+](=O)[O-])c(C(N)=O)n3)CC2)CC1. The van der Waals surface area contributed by atoms with Gasteiger partial charge in [0.2, 0.25) is 5.69 Å². The monoisotopic (exact) mass is 422 g/mol. The van der Waals surface area contributed by atoms with E-state index in [9.17, 15) is 19.7 Å². The molecule has 1 saturated carbocycles. The number of carbonyl (C=O) groups is 2. The van der Waals surface area contributed by atoms with Gasteiger partial charge in [-0.15, -0.1) is 0 Å². The van der Waals surface area contributed by atoms with Crippen molar-refractivity contribution in [1.29, 1.82) is 0 Å². The van der Waals surface area contributed by atoms with E-state index in [4.69, 9.17) is 10.5 Å². The zero-order chi connectivity index (χ0) is 22.1. The molecule has 0 atom stereocenters. The molecule has 1 aliphatic heterocycles. The highest BCUT2D eigenvalue weighted by Crippen LogP contribution is 2.32. The number of amides is 2. The van der Waals surface area contributed by atoms with E-state index in [0.29, 0.717) is 19.1 Å². The highest BCUT2D eigenvalue weighted by Gasteiger charge is 2.33. The van der Waals surface area contributed by atoms with Crippen LogP contribution in [0.5, 0.6) is 0 Å². The van der Waals surface area contributed by atoms with Gasteiger partial charge in [-0.3, -0.25) is 24.5 Å². The topological polar surface area (TPSA) is 137 Å². The van der Waals surface area contributed by atoms with Crippen LogP contribution in [0.3, 0.4) is 0 Å². The quantitative estimate of drug-likeness (QED) is 0.578. The van der Waals surface area contributed by atoms with E-state index in [1.54, 1.807) is 4.90 Å². The number of nitrogens with two attached hydrogens (primary N) is 1. The summed E-state index contributed by atoms with van der Waals surface area (Å²) < 4.78 is 6.97. The molecule has 2 aliphatic rings. The van der Waals surface area contributed by atoms with Crippen LogP contribution in [0.4, 0.5) is 10.5 Å². The average molecular weight is 422 g/mol. The van der Waals surface area contributed by atoms with Gasteiger partial charge in [0.1, 0.15) is 11.8 Å². The predicted octanol–water partition coefficient (Wildman–Crippen LogP) is 1.93. The fourth-order valence-corrected chi connectivity index (χ4v) is 4.16. The van der Waals surface area contributed by atoms with Crippen LogP contribution < -0.4 is 5.73 Å². The average Bonchev–Trinajstić information content (AvgIpc) is 3.13. The molecule has 166 valence electrons. The van der Waals surface area contributed by atoms with Crippen LogP contribution in [-0.2, 0) is 4.74 Å². The fourth-order valence-electron chi connectivity index (χ4n) is 4.16. The maximum atomic E-state index is 12.2. The lowest BCUT2D eigenvalue weighted by Crippen LogP contribution is -2.53. The zero-order valence-corrected chi connectivity index (χ0v) is 17.7. The summed E-state index contributed by atoms with van der Waals surface area (Å²) in [6.45, 7) is 8.46. The lowest BCUT2D eigenvalue weighted by molar-refractivity contribution is -0.385. The van der Waals surface area contributed by atoms with Gasteiger partial charge in [-0.05, 0) is 46.5 Å². The summed E-state index contributed by atoms with van der Waals surface area (Å²) in [6.07, 6.45) is 4.52. The van der Waals surface area contributed by atoms with E-state index in [1.165, 1.54) is 10.9 Å². The second kappa shape index (κ2) is 8.58. The van der Waals surface area contributed by atoms with Gasteiger partial charge in [-0.25, -0.2) is 4.79 Å². The minimum absolute atomic E-state index is 0.0103. The fraction of sp³-hybridized carbons (Fsp3) is 0.737. The predicted molar refractivity (Wildman–Crippen MR) is 108 cm³/mol. The molecule has 0 spiro atoms. The van der Waals surface area contributed by atoms with Crippen molar-refractivity contribution in [2.75, 3.05) is 26.2 Å². The van der Waals surface area contributed by atoms with Crippen LogP contribution in [-0.4, -0.2) is 74.3 Å². The zero-order valence-electron chi connectivity index (χ0n) is 17.7. The summed E-state index contributed by atoms with van der Waals surface area (Å²) in [6, 6.07) is 0.416. The summed E-state index contributed by atoms with van der Waals surface area (Å²) in [5.41, 5.74) is 4.08. The molecule has 0 unspecified atom stereocenters. The Kier molecular flexibility index (Phi) is 6.30. The van der Waals surface area contributed by atoms with E-state index in [2.05, 4.69) is 10.00 Å². The van der Waals surface area contributed by atoms with Crippen LogP contribution in [0.25, 0.3) is 0 Å². The summed E-state index contributed by atoms with van der Waals surface area (Å²) in [5.74, 6) is -0.892. The molecular weight excluding hydrogens is 392 g/mol. The molecule has 2 N–H and O–H groups in total. The van der Waals surface area contributed by atoms with E-state index < -0.39 is 16.4 Å². The number of nitrogens with zero attached hydrogens (tertiary/aromatic N) is 5. The van der Waals surface area contributed by atoms with Gasteiger partial charge in [-0.1, -0.05) is 0 Å². The molecule has 3 rings (SSSR count). The molecule has 30 heavy (non-hydrogen) atoms. The molecule has 11 heteroatoms. The third kappa shape index (κ3) is 5.07. The lowest BCUT2D eigenvalue weighted by atomic mass is 9.90. The normalized spacial score (nSPS) is 23.2. The van der Waals surface area contributed by atoms with Crippen LogP contribution in [0.15, 0.2) is 6.20 Å². The summed E-state index contributed by atoms with van der Waals surface area (Å²) >= 11 is 0. The number of piperazine rings is 1. The number of hydrogen-bond donors (Lipinski definition) is 1. The largest absolute Gasteiger partial charge is 0.444 e. The minimum Gasteiger partial charge on any atom is -0.444 e. The Morgan fingerprint density at radius 3 is 2.17 bits per heavy atom. The van der Waals surface area contributed by atoms with Gasteiger partial charge in [0.15, 0.2) is 0 Å². The number of rotatable bonds is 4. The maximum Gasteiger partial charge on any atom is 0.410 e. The van der Waals surface area contributed by atoms with Gasteiger partial charge >= 0.3 is 11.8 Å². The summed E-state index contributed by atoms with van der Waals surface area (Å²) in [5, 5.41) is 15.2. The standard InChI is InChI=1S/C19H30N6O5/c1-19(2,3)30-18(27)23-10-8-22(9-11-23)13-4-6-14(7-5-13)24-12-15(25(28)29)16(21-24)17(20)26/h12-14H,4-11H2,1-3H3,(H2,20,26)/t13-,14-. The molecule has 2 fully saturated rings. The first-order valence-electron chi connectivity index (χ1n) is 10.3. The third-order valence-electron chi connectivity index (χ3n) is 5.67. The van der Waals surface area contributed by atoms with Crippen molar-refractivity contribution < 1.29 is 19.2 Å². The van der Waals surface area contributed by atoms with Crippen molar-refractivity contribution in [2.45, 2.75) is 64.1 Å². The maximum absolute atomic E-state index is 12.2. The smallest absolute Gasteiger partial charge is 0.410 e. The summed E-state index contributed by atoms with van der Waals surface area (Å²) in [7, 11) is 0. The number of nitro groups is 1. The molecule has 1 aromatic rings. The molecule has 1 aliphatic carbocycles. The molecule has 0 bridgehead atoms. The lowest BCUT2D eigenvalue weighted by Gasteiger charge is -2.42. The molecule has 2 heterocycles. The molecule has 11 nitrogen and oxygen atoms in total. The molecule has 0 aromatic carbocycles. The number of hydrogen-bond acceptors (Lipinski definition) is 7. The Morgan fingerprint density at radius 2 is 1.70 bits per heavy atom. The molecule has 2 amide bonds. The number of ether oxygens (including phenoxy) is 1. The molecule has 1 aromatic heterocycles. The van der Waals surface area contributed by atoms with Crippen molar-refractivity contribution in [2.24, 2.45) is 5.73 Å². The van der Waals surface area contributed by atoms with E-state index in [-0.39, 0.29) is 23.5 Å². The van der Waals surface area contributed by atoms with Crippen LogP contribution >= 0.6 is 0 Å².